The fraction of sp³-hybridized carbons (Fsp3) is 0.316. The molecule has 2 aromatic carbocycles. The molecule has 0 aliphatic carbocycles. The summed E-state index contributed by atoms with van der Waals surface area (Å²) in [6, 6.07) is 10.6. The summed E-state index contributed by atoms with van der Waals surface area (Å²) < 4.78 is 21.2. The molecule has 2 aromatic rings. The lowest BCUT2D eigenvalue weighted by molar-refractivity contribution is 0.174. The summed E-state index contributed by atoms with van der Waals surface area (Å²) >= 11 is 0. The van der Waals surface area contributed by atoms with Crippen molar-refractivity contribution in [2.45, 2.75) is 19.5 Å². The van der Waals surface area contributed by atoms with E-state index in [1.54, 1.807) is 20.3 Å². The summed E-state index contributed by atoms with van der Waals surface area (Å²) in [6.45, 7) is 2.51. The molecule has 3 rings (SSSR count). The third kappa shape index (κ3) is 3.93. The van der Waals surface area contributed by atoms with Gasteiger partial charge in [-0.25, -0.2) is 4.79 Å². The fourth-order valence-electron chi connectivity index (χ4n) is 2.73. The van der Waals surface area contributed by atoms with Crippen molar-refractivity contribution in [3.05, 3.63) is 47.5 Å². The number of methoxy groups -OCH3 is 2. The molecule has 0 fully saturated rings. The lowest BCUT2D eigenvalue weighted by Crippen LogP contribution is -2.36. The third-order valence-corrected chi connectivity index (χ3v) is 4.14. The zero-order valence-corrected chi connectivity index (χ0v) is 15.0. The van der Waals surface area contributed by atoms with Crippen LogP contribution in [0.3, 0.4) is 0 Å². The van der Waals surface area contributed by atoms with Gasteiger partial charge in [0.2, 0.25) is 6.79 Å². The lowest BCUT2D eigenvalue weighted by atomic mass is 10.1. The Balaban J connectivity index is 1.57. The molecule has 0 saturated carbocycles. The van der Waals surface area contributed by atoms with Gasteiger partial charge in [-0.1, -0.05) is 6.07 Å². The molecule has 1 aliphatic rings. The number of ether oxygens (including phenoxy) is 4. The van der Waals surface area contributed by atoms with Crippen molar-refractivity contribution in [3.63, 3.8) is 0 Å². The minimum Gasteiger partial charge on any atom is -0.497 e. The van der Waals surface area contributed by atoms with E-state index >= 15 is 0 Å². The van der Waals surface area contributed by atoms with Crippen molar-refractivity contribution in [2.24, 2.45) is 0 Å². The number of hydrogen-bond donors (Lipinski definition) is 2. The molecule has 138 valence electrons. The number of hydrogen-bond acceptors (Lipinski definition) is 5. The molecular weight excluding hydrogens is 336 g/mol. The Kier molecular flexibility index (Phi) is 5.36. The summed E-state index contributed by atoms with van der Waals surface area (Å²) in [5, 5.41) is 5.74. The average Bonchev–Trinajstić information content (AvgIpc) is 3.13. The molecular formula is C19H22N2O5. The van der Waals surface area contributed by atoms with Crippen LogP contribution in [0.2, 0.25) is 0 Å². The van der Waals surface area contributed by atoms with Gasteiger partial charge in [0.1, 0.15) is 11.5 Å². The van der Waals surface area contributed by atoms with Gasteiger partial charge >= 0.3 is 6.03 Å². The topological polar surface area (TPSA) is 78.1 Å². The first kappa shape index (κ1) is 17.7. The number of carbonyl (C=O) groups is 1. The zero-order chi connectivity index (χ0) is 18.5. The molecule has 1 aliphatic heterocycles. The van der Waals surface area contributed by atoms with E-state index in [2.05, 4.69) is 10.6 Å². The number of benzene rings is 2. The van der Waals surface area contributed by atoms with E-state index < -0.39 is 0 Å². The van der Waals surface area contributed by atoms with E-state index in [0.29, 0.717) is 23.8 Å². The van der Waals surface area contributed by atoms with Gasteiger partial charge in [0.15, 0.2) is 11.5 Å². The molecule has 1 unspecified atom stereocenters. The molecule has 0 bridgehead atoms. The van der Waals surface area contributed by atoms with E-state index in [0.717, 1.165) is 16.9 Å². The first-order valence-electron chi connectivity index (χ1n) is 8.25. The van der Waals surface area contributed by atoms with Crippen LogP contribution < -0.4 is 29.6 Å². The Hall–Kier alpha value is -3.09. The summed E-state index contributed by atoms with van der Waals surface area (Å²) in [6.07, 6.45) is 0. The second-order valence-corrected chi connectivity index (χ2v) is 5.84. The summed E-state index contributed by atoms with van der Waals surface area (Å²) in [5.41, 5.74) is 1.80. The van der Waals surface area contributed by atoms with Crippen molar-refractivity contribution in [1.29, 1.82) is 0 Å². The zero-order valence-electron chi connectivity index (χ0n) is 15.0. The van der Waals surface area contributed by atoms with Crippen LogP contribution in [-0.4, -0.2) is 27.0 Å². The number of amides is 2. The predicted octanol–water partition coefficient (Wildman–Crippen LogP) is 2.99. The number of fused-ring (bicyclic) bond motifs is 1. The Labute approximate surface area is 152 Å². The van der Waals surface area contributed by atoms with Crippen molar-refractivity contribution < 1.29 is 23.7 Å². The minimum absolute atomic E-state index is 0.229. The molecule has 0 spiro atoms. The number of nitrogens with one attached hydrogen (secondary N) is 2. The maximum Gasteiger partial charge on any atom is 0.315 e. The van der Waals surface area contributed by atoms with Gasteiger partial charge in [-0.2, -0.15) is 0 Å². The Morgan fingerprint density at radius 3 is 2.69 bits per heavy atom. The van der Waals surface area contributed by atoms with Crippen molar-refractivity contribution >= 4 is 6.03 Å². The summed E-state index contributed by atoms with van der Waals surface area (Å²) in [5.74, 6) is 2.78. The summed E-state index contributed by atoms with van der Waals surface area (Å²) in [7, 11) is 3.18. The van der Waals surface area contributed by atoms with Crippen LogP contribution in [0.25, 0.3) is 0 Å². The first-order valence-corrected chi connectivity index (χ1v) is 8.25. The number of urea groups is 1. The van der Waals surface area contributed by atoms with Gasteiger partial charge in [-0.15, -0.1) is 0 Å². The minimum atomic E-state index is -0.270. The SMILES string of the molecule is COc1ccc(C(C)NC(=O)NCc2ccc3c(c2)OCO3)c(OC)c1. The molecule has 7 nitrogen and oxygen atoms in total. The van der Waals surface area contributed by atoms with E-state index in [-0.39, 0.29) is 18.9 Å². The molecule has 0 aromatic heterocycles. The predicted molar refractivity (Wildman–Crippen MR) is 95.9 cm³/mol. The van der Waals surface area contributed by atoms with Gasteiger partial charge in [-0.3, -0.25) is 0 Å². The highest BCUT2D eigenvalue weighted by molar-refractivity contribution is 5.74. The monoisotopic (exact) mass is 358 g/mol. The highest BCUT2D eigenvalue weighted by Gasteiger charge is 2.16. The first-order chi connectivity index (χ1) is 12.6. The summed E-state index contributed by atoms with van der Waals surface area (Å²) in [4.78, 5) is 12.2. The van der Waals surface area contributed by atoms with Crippen molar-refractivity contribution in [2.75, 3.05) is 21.0 Å². The van der Waals surface area contributed by atoms with E-state index in [1.165, 1.54) is 0 Å². The molecule has 0 saturated heterocycles. The molecule has 7 heteroatoms. The van der Waals surface area contributed by atoms with Crippen LogP contribution in [0, 0.1) is 0 Å². The van der Waals surface area contributed by atoms with Crippen LogP contribution in [0.5, 0.6) is 23.0 Å². The molecule has 2 amide bonds. The second kappa shape index (κ2) is 7.86. The maximum absolute atomic E-state index is 12.2. The third-order valence-electron chi connectivity index (χ3n) is 4.14. The van der Waals surface area contributed by atoms with Gasteiger partial charge in [0.25, 0.3) is 0 Å². The number of rotatable bonds is 6. The largest absolute Gasteiger partial charge is 0.497 e. The van der Waals surface area contributed by atoms with Crippen molar-refractivity contribution in [1.82, 2.24) is 10.6 Å². The second-order valence-electron chi connectivity index (χ2n) is 5.84. The molecule has 2 N–H and O–H groups in total. The molecule has 26 heavy (non-hydrogen) atoms. The van der Waals surface area contributed by atoms with Crippen molar-refractivity contribution in [3.8, 4) is 23.0 Å². The average molecular weight is 358 g/mol. The fourth-order valence-corrected chi connectivity index (χ4v) is 2.73. The molecule has 1 atom stereocenters. The van der Waals surface area contributed by atoms with Crippen LogP contribution >= 0.6 is 0 Å². The Bertz CT molecular complexity index is 793. The smallest absolute Gasteiger partial charge is 0.315 e. The van der Waals surface area contributed by atoms with Crippen LogP contribution in [0.4, 0.5) is 4.79 Å². The highest BCUT2D eigenvalue weighted by Crippen LogP contribution is 2.32. The van der Waals surface area contributed by atoms with Gasteiger partial charge < -0.3 is 29.6 Å². The Morgan fingerprint density at radius 1 is 1.12 bits per heavy atom. The van der Waals surface area contributed by atoms with Crippen LogP contribution in [0.1, 0.15) is 24.1 Å². The molecule has 0 radical (unpaired) electrons. The normalized spacial score (nSPS) is 13.0. The lowest BCUT2D eigenvalue weighted by Gasteiger charge is -2.18. The highest BCUT2D eigenvalue weighted by atomic mass is 16.7. The van der Waals surface area contributed by atoms with E-state index in [4.69, 9.17) is 18.9 Å². The van der Waals surface area contributed by atoms with Crippen LogP contribution in [0.15, 0.2) is 36.4 Å². The van der Waals surface area contributed by atoms with Crippen LogP contribution in [-0.2, 0) is 6.54 Å². The van der Waals surface area contributed by atoms with E-state index in [9.17, 15) is 4.79 Å². The standard InChI is InChI=1S/C19H22N2O5/c1-12(15-6-5-14(23-2)9-17(15)24-3)21-19(22)20-10-13-4-7-16-18(8-13)26-11-25-16/h4-9,12H,10-11H2,1-3H3,(H2,20,21,22). The van der Waals surface area contributed by atoms with E-state index in [1.807, 2.05) is 37.3 Å². The Morgan fingerprint density at radius 2 is 1.92 bits per heavy atom. The van der Waals surface area contributed by atoms with Gasteiger partial charge in [0.05, 0.1) is 20.3 Å². The quantitative estimate of drug-likeness (QED) is 0.830. The van der Waals surface area contributed by atoms with Gasteiger partial charge in [-0.05, 0) is 36.8 Å². The van der Waals surface area contributed by atoms with Gasteiger partial charge in [0, 0.05) is 18.2 Å². The number of carbonyl (C=O) groups excluding carboxylic acids is 1. The maximum atomic E-state index is 12.2. The molecule has 1 heterocycles.